The Morgan fingerprint density at radius 3 is 1.58 bits per heavy atom. The molecule has 11 nitrogen and oxygen atoms in total. The quantitative estimate of drug-likeness (QED) is 0.363. The minimum Gasteiger partial charge on any atom is -0.491 e. The van der Waals surface area contributed by atoms with Gasteiger partial charge in [-0.3, -0.25) is 14.4 Å². The van der Waals surface area contributed by atoms with Crippen molar-refractivity contribution in [2.75, 3.05) is 31.5 Å². The largest absolute Gasteiger partial charge is 0.491 e. The van der Waals surface area contributed by atoms with Crippen molar-refractivity contribution < 1.29 is 38.2 Å². The predicted octanol–water partition coefficient (Wildman–Crippen LogP) is 3.26. The van der Waals surface area contributed by atoms with Crippen molar-refractivity contribution in [3.8, 4) is 5.75 Å². The smallest absolute Gasteiger partial charge is 0.337 e. The fourth-order valence-corrected chi connectivity index (χ4v) is 3.43. The molecule has 0 unspecified atom stereocenters. The Hall–Kier alpha value is -5.19. The molecular formula is C27H25N3O8. The Morgan fingerprint density at radius 2 is 1.16 bits per heavy atom. The predicted molar refractivity (Wildman–Crippen MR) is 138 cm³/mol. The van der Waals surface area contributed by atoms with Crippen LogP contribution in [0.5, 0.6) is 5.75 Å². The van der Waals surface area contributed by atoms with Crippen molar-refractivity contribution in [2.45, 2.75) is 6.92 Å². The Morgan fingerprint density at radius 1 is 0.711 bits per heavy atom. The Balaban J connectivity index is 1.92. The molecule has 3 aromatic carbocycles. The van der Waals surface area contributed by atoms with E-state index in [-0.39, 0.29) is 51.5 Å². The molecule has 0 heterocycles. The molecule has 0 bridgehead atoms. The Bertz CT molecular complexity index is 1380. The van der Waals surface area contributed by atoms with Crippen LogP contribution < -0.4 is 21.1 Å². The number of carbonyl (C=O) groups excluding carboxylic acids is 5. The monoisotopic (exact) mass is 519 g/mol. The van der Waals surface area contributed by atoms with Gasteiger partial charge in [0.1, 0.15) is 0 Å². The summed E-state index contributed by atoms with van der Waals surface area (Å²) in [6, 6.07) is 14.2. The van der Waals surface area contributed by atoms with Crippen molar-refractivity contribution in [1.29, 1.82) is 0 Å². The standard InChI is InChI=1S/C27H25N3O8/c1-4-38-22-20(23(28)31)13-19(29-24(32)15-5-9-17(10-6-15)26(34)36-2)14-21(22)30-25(33)16-7-11-18(12-8-16)27(35)37-3/h5-14H,4H2,1-3H3,(H2,28,31)(H,29,32)(H,30,33). The zero-order valence-corrected chi connectivity index (χ0v) is 20.8. The van der Waals surface area contributed by atoms with E-state index in [1.807, 2.05) is 0 Å². The number of benzene rings is 3. The van der Waals surface area contributed by atoms with E-state index in [0.717, 1.165) is 0 Å². The van der Waals surface area contributed by atoms with E-state index in [9.17, 15) is 24.0 Å². The number of rotatable bonds is 9. The number of hydrogen-bond acceptors (Lipinski definition) is 8. The zero-order valence-electron chi connectivity index (χ0n) is 20.8. The SMILES string of the molecule is CCOc1c(NC(=O)c2ccc(C(=O)OC)cc2)cc(NC(=O)c2ccc(C(=O)OC)cc2)cc1C(N)=O. The number of anilines is 2. The van der Waals surface area contributed by atoms with Gasteiger partial charge in [-0.1, -0.05) is 0 Å². The fraction of sp³-hybridized carbons (Fsp3) is 0.148. The van der Waals surface area contributed by atoms with Gasteiger partial charge >= 0.3 is 11.9 Å². The fourth-order valence-electron chi connectivity index (χ4n) is 3.43. The maximum Gasteiger partial charge on any atom is 0.337 e. The molecule has 0 fully saturated rings. The maximum absolute atomic E-state index is 12.9. The van der Waals surface area contributed by atoms with Crippen LogP contribution in [0.3, 0.4) is 0 Å². The third-order valence-electron chi connectivity index (χ3n) is 5.29. The van der Waals surface area contributed by atoms with Crippen LogP contribution in [0, 0.1) is 0 Å². The minimum atomic E-state index is -0.843. The molecule has 4 N–H and O–H groups in total. The summed E-state index contributed by atoms with van der Waals surface area (Å²) in [5.41, 5.74) is 6.69. The number of amides is 3. The molecule has 0 aliphatic rings. The molecule has 11 heteroatoms. The lowest BCUT2D eigenvalue weighted by molar-refractivity contribution is 0.0592. The molecule has 3 rings (SSSR count). The number of carbonyl (C=O) groups is 5. The summed E-state index contributed by atoms with van der Waals surface area (Å²) >= 11 is 0. The first-order valence-corrected chi connectivity index (χ1v) is 11.3. The molecule has 0 atom stereocenters. The van der Waals surface area contributed by atoms with Crippen LogP contribution in [0.2, 0.25) is 0 Å². The molecule has 0 aliphatic carbocycles. The molecule has 196 valence electrons. The number of nitrogens with two attached hydrogens (primary N) is 1. The van der Waals surface area contributed by atoms with E-state index >= 15 is 0 Å². The molecule has 0 saturated heterocycles. The number of nitrogens with one attached hydrogen (secondary N) is 2. The second-order valence-electron chi connectivity index (χ2n) is 7.74. The van der Waals surface area contributed by atoms with Crippen LogP contribution in [0.4, 0.5) is 11.4 Å². The van der Waals surface area contributed by atoms with Crippen molar-refractivity contribution in [3.63, 3.8) is 0 Å². The van der Waals surface area contributed by atoms with Crippen molar-refractivity contribution in [2.24, 2.45) is 5.73 Å². The number of primary amides is 1. The summed E-state index contributed by atoms with van der Waals surface area (Å²) in [6.45, 7) is 1.85. The molecule has 0 saturated carbocycles. The zero-order chi connectivity index (χ0) is 27.8. The van der Waals surface area contributed by atoms with Gasteiger partial charge in [-0.05, 0) is 67.6 Å². The highest BCUT2D eigenvalue weighted by molar-refractivity contribution is 6.10. The van der Waals surface area contributed by atoms with Gasteiger partial charge in [-0.25, -0.2) is 9.59 Å². The molecule has 0 aromatic heterocycles. The minimum absolute atomic E-state index is 0.0277. The topological polar surface area (TPSA) is 163 Å². The van der Waals surface area contributed by atoms with Gasteiger partial charge in [0, 0.05) is 16.8 Å². The van der Waals surface area contributed by atoms with Crippen LogP contribution in [0.25, 0.3) is 0 Å². The van der Waals surface area contributed by atoms with Crippen LogP contribution >= 0.6 is 0 Å². The van der Waals surface area contributed by atoms with Gasteiger partial charge in [-0.15, -0.1) is 0 Å². The normalized spacial score (nSPS) is 10.2. The van der Waals surface area contributed by atoms with Crippen molar-refractivity contribution in [3.05, 3.63) is 88.5 Å². The van der Waals surface area contributed by atoms with E-state index in [4.69, 9.17) is 10.5 Å². The van der Waals surface area contributed by atoms with E-state index in [1.54, 1.807) is 6.92 Å². The molecule has 3 amide bonds. The summed E-state index contributed by atoms with van der Waals surface area (Å²) in [6.07, 6.45) is 0. The van der Waals surface area contributed by atoms with Crippen molar-refractivity contribution >= 4 is 41.0 Å². The van der Waals surface area contributed by atoms with Crippen molar-refractivity contribution in [1.82, 2.24) is 0 Å². The first-order chi connectivity index (χ1) is 18.2. The molecule has 38 heavy (non-hydrogen) atoms. The molecule has 3 aromatic rings. The lowest BCUT2D eigenvalue weighted by Crippen LogP contribution is -2.19. The van der Waals surface area contributed by atoms with Gasteiger partial charge in [0.05, 0.1) is 43.2 Å². The maximum atomic E-state index is 12.9. The highest BCUT2D eigenvalue weighted by Gasteiger charge is 2.20. The first kappa shape index (κ1) is 27.4. The van der Waals surface area contributed by atoms with Gasteiger partial charge in [0.25, 0.3) is 17.7 Å². The van der Waals surface area contributed by atoms with Gasteiger partial charge in [0.2, 0.25) is 0 Å². The molecular weight excluding hydrogens is 494 g/mol. The second kappa shape index (κ2) is 12.2. The summed E-state index contributed by atoms with van der Waals surface area (Å²) in [5.74, 6) is -3.03. The molecule has 0 radical (unpaired) electrons. The highest BCUT2D eigenvalue weighted by atomic mass is 16.5. The Kier molecular flexibility index (Phi) is 8.78. The van der Waals surface area contributed by atoms with Gasteiger partial charge < -0.3 is 30.6 Å². The lowest BCUT2D eigenvalue weighted by atomic mass is 10.1. The summed E-state index contributed by atoms with van der Waals surface area (Å²) in [4.78, 5) is 61.3. The average molecular weight is 520 g/mol. The van der Waals surface area contributed by atoms with E-state index < -0.39 is 29.7 Å². The third kappa shape index (κ3) is 6.32. The summed E-state index contributed by atoms with van der Waals surface area (Å²) in [7, 11) is 2.50. The second-order valence-corrected chi connectivity index (χ2v) is 7.74. The first-order valence-electron chi connectivity index (χ1n) is 11.3. The summed E-state index contributed by atoms with van der Waals surface area (Å²) < 4.78 is 14.9. The van der Waals surface area contributed by atoms with E-state index in [0.29, 0.717) is 0 Å². The van der Waals surface area contributed by atoms with Gasteiger partial charge in [0.15, 0.2) is 5.75 Å². The van der Waals surface area contributed by atoms with Crippen LogP contribution in [-0.4, -0.2) is 50.5 Å². The van der Waals surface area contributed by atoms with Gasteiger partial charge in [-0.2, -0.15) is 0 Å². The Labute approximate surface area is 217 Å². The number of ether oxygens (including phenoxy) is 3. The molecule has 0 spiro atoms. The van der Waals surface area contributed by atoms with Crippen LogP contribution in [0.1, 0.15) is 58.7 Å². The van der Waals surface area contributed by atoms with E-state index in [2.05, 4.69) is 20.1 Å². The van der Waals surface area contributed by atoms with E-state index in [1.165, 1.54) is 74.9 Å². The number of methoxy groups -OCH3 is 2. The van der Waals surface area contributed by atoms with Crippen LogP contribution in [0.15, 0.2) is 60.7 Å². The highest BCUT2D eigenvalue weighted by Crippen LogP contribution is 2.34. The molecule has 0 aliphatic heterocycles. The number of esters is 2. The number of hydrogen-bond donors (Lipinski definition) is 3. The lowest BCUT2D eigenvalue weighted by Gasteiger charge is -2.17. The van der Waals surface area contributed by atoms with Crippen LogP contribution in [-0.2, 0) is 9.47 Å². The third-order valence-corrected chi connectivity index (χ3v) is 5.29. The average Bonchev–Trinajstić information content (AvgIpc) is 2.93. The summed E-state index contributed by atoms with van der Waals surface area (Å²) in [5, 5.41) is 5.30.